The van der Waals surface area contributed by atoms with E-state index in [1.165, 1.54) is 0 Å². The van der Waals surface area contributed by atoms with Gasteiger partial charge in [0.05, 0.1) is 0 Å². The van der Waals surface area contributed by atoms with Gasteiger partial charge in [-0.1, -0.05) is 0 Å². The molecule has 1 unspecified atom stereocenters. The standard InChI is InChI=1S/C8H11N5O/c1-14-6(4-9)8-12-11-7-2-3-10-5-13(7)8/h2-3,5-6H,4,9H2,1H3. The molecule has 0 aliphatic rings. The zero-order chi connectivity index (χ0) is 9.97. The van der Waals surface area contributed by atoms with Gasteiger partial charge in [0.1, 0.15) is 12.4 Å². The van der Waals surface area contributed by atoms with Crippen molar-refractivity contribution in [2.45, 2.75) is 6.10 Å². The summed E-state index contributed by atoms with van der Waals surface area (Å²) < 4.78 is 6.94. The van der Waals surface area contributed by atoms with Crippen molar-refractivity contribution in [2.24, 2.45) is 5.73 Å². The molecule has 74 valence electrons. The molecule has 2 aromatic heterocycles. The summed E-state index contributed by atoms with van der Waals surface area (Å²) in [5.41, 5.74) is 6.28. The first-order valence-electron chi connectivity index (χ1n) is 4.24. The molecule has 2 heterocycles. The van der Waals surface area contributed by atoms with Crippen LogP contribution in [0.2, 0.25) is 0 Å². The number of ether oxygens (including phenoxy) is 1. The number of rotatable bonds is 3. The summed E-state index contributed by atoms with van der Waals surface area (Å²) >= 11 is 0. The highest BCUT2D eigenvalue weighted by Gasteiger charge is 2.15. The van der Waals surface area contributed by atoms with Crippen molar-refractivity contribution in [3.63, 3.8) is 0 Å². The fraction of sp³-hybridized carbons (Fsp3) is 0.375. The van der Waals surface area contributed by atoms with E-state index in [9.17, 15) is 0 Å². The Hall–Kier alpha value is -1.53. The summed E-state index contributed by atoms with van der Waals surface area (Å²) in [6.07, 6.45) is 3.07. The van der Waals surface area contributed by atoms with Crippen LogP contribution in [0.4, 0.5) is 0 Å². The maximum atomic E-state index is 5.54. The molecule has 2 aromatic rings. The molecule has 2 N–H and O–H groups in total. The third-order valence-electron chi connectivity index (χ3n) is 2.03. The average molecular weight is 193 g/mol. The summed E-state index contributed by atoms with van der Waals surface area (Å²) in [5, 5.41) is 7.98. The SMILES string of the molecule is COC(CN)c1nnc2ccncn12. The topological polar surface area (TPSA) is 78.3 Å². The molecule has 6 heteroatoms. The highest BCUT2D eigenvalue weighted by Crippen LogP contribution is 2.13. The molecule has 0 radical (unpaired) electrons. The first-order valence-corrected chi connectivity index (χ1v) is 4.24. The lowest BCUT2D eigenvalue weighted by Crippen LogP contribution is -2.17. The van der Waals surface area contributed by atoms with Gasteiger partial charge in [-0.2, -0.15) is 0 Å². The van der Waals surface area contributed by atoms with Gasteiger partial charge in [0.2, 0.25) is 0 Å². The number of aromatic nitrogens is 4. The van der Waals surface area contributed by atoms with Gasteiger partial charge in [-0.25, -0.2) is 4.98 Å². The third-order valence-corrected chi connectivity index (χ3v) is 2.03. The van der Waals surface area contributed by atoms with Gasteiger partial charge >= 0.3 is 0 Å². The Bertz CT molecular complexity index is 422. The molecule has 0 fully saturated rings. The van der Waals surface area contributed by atoms with Crippen molar-refractivity contribution in [2.75, 3.05) is 13.7 Å². The number of nitrogens with zero attached hydrogens (tertiary/aromatic N) is 4. The Labute approximate surface area is 80.7 Å². The minimum Gasteiger partial charge on any atom is -0.372 e. The molecule has 1 atom stereocenters. The van der Waals surface area contributed by atoms with Crippen LogP contribution in [0.1, 0.15) is 11.9 Å². The Morgan fingerprint density at radius 3 is 3.14 bits per heavy atom. The van der Waals surface area contributed by atoms with E-state index in [-0.39, 0.29) is 6.10 Å². The Kier molecular flexibility index (Phi) is 2.38. The predicted molar refractivity (Wildman–Crippen MR) is 49.6 cm³/mol. The van der Waals surface area contributed by atoms with Crippen molar-refractivity contribution < 1.29 is 4.74 Å². The van der Waals surface area contributed by atoms with E-state index in [1.54, 1.807) is 30.1 Å². The van der Waals surface area contributed by atoms with E-state index in [0.29, 0.717) is 12.4 Å². The Morgan fingerprint density at radius 2 is 2.43 bits per heavy atom. The normalized spacial score (nSPS) is 13.3. The highest BCUT2D eigenvalue weighted by molar-refractivity contribution is 5.35. The second-order valence-electron chi connectivity index (χ2n) is 2.83. The zero-order valence-electron chi connectivity index (χ0n) is 7.79. The first-order chi connectivity index (χ1) is 6.86. The minimum absolute atomic E-state index is 0.241. The van der Waals surface area contributed by atoms with E-state index in [0.717, 1.165) is 5.65 Å². The Morgan fingerprint density at radius 1 is 1.57 bits per heavy atom. The fourth-order valence-electron chi connectivity index (χ4n) is 1.29. The molecular formula is C8H11N5O. The van der Waals surface area contributed by atoms with Crippen molar-refractivity contribution in [3.8, 4) is 0 Å². The molecule has 0 aliphatic carbocycles. The van der Waals surface area contributed by atoms with Crippen LogP contribution in [0.25, 0.3) is 5.65 Å². The van der Waals surface area contributed by atoms with Crippen molar-refractivity contribution >= 4 is 5.65 Å². The van der Waals surface area contributed by atoms with Crippen LogP contribution < -0.4 is 5.73 Å². The lowest BCUT2D eigenvalue weighted by Gasteiger charge is -2.09. The fourth-order valence-corrected chi connectivity index (χ4v) is 1.29. The molecule has 0 saturated heterocycles. The number of fused-ring (bicyclic) bond motifs is 1. The van der Waals surface area contributed by atoms with Crippen LogP contribution in [0, 0.1) is 0 Å². The van der Waals surface area contributed by atoms with Gasteiger partial charge in [0.15, 0.2) is 11.5 Å². The Balaban J connectivity index is 2.51. The average Bonchev–Trinajstić information content (AvgIpc) is 2.65. The van der Waals surface area contributed by atoms with E-state index in [2.05, 4.69) is 15.2 Å². The maximum absolute atomic E-state index is 5.54. The molecule has 0 bridgehead atoms. The van der Waals surface area contributed by atoms with Gasteiger partial charge in [0.25, 0.3) is 0 Å². The van der Waals surface area contributed by atoms with E-state index < -0.39 is 0 Å². The van der Waals surface area contributed by atoms with Gasteiger partial charge in [-0.3, -0.25) is 4.40 Å². The van der Waals surface area contributed by atoms with Crippen molar-refractivity contribution in [1.82, 2.24) is 19.6 Å². The molecule has 2 rings (SSSR count). The summed E-state index contributed by atoms with van der Waals surface area (Å²) in [7, 11) is 1.59. The van der Waals surface area contributed by atoms with Crippen LogP contribution in [-0.4, -0.2) is 33.2 Å². The molecular weight excluding hydrogens is 182 g/mol. The smallest absolute Gasteiger partial charge is 0.169 e. The molecule has 6 nitrogen and oxygen atoms in total. The molecule has 0 spiro atoms. The highest BCUT2D eigenvalue weighted by atomic mass is 16.5. The van der Waals surface area contributed by atoms with Crippen LogP contribution in [0.15, 0.2) is 18.6 Å². The molecule has 0 aliphatic heterocycles. The van der Waals surface area contributed by atoms with Crippen molar-refractivity contribution in [1.29, 1.82) is 0 Å². The number of methoxy groups -OCH3 is 1. The van der Waals surface area contributed by atoms with Gasteiger partial charge in [0, 0.05) is 25.9 Å². The largest absolute Gasteiger partial charge is 0.372 e. The van der Waals surface area contributed by atoms with Crippen LogP contribution in [-0.2, 0) is 4.74 Å². The van der Waals surface area contributed by atoms with Gasteiger partial charge in [-0.15, -0.1) is 10.2 Å². The lowest BCUT2D eigenvalue weighted by molar-refractivity contribution is 0.102. The van der Waals surface area contributed by atoms with Crippen LogP contribution in [0.5, 0.6) is 0 Å². The number of hydrogen-bond donors (Lipinski definition) is 1. The summed E-state index contributed by atoms with van der Waals surface area (Å²) in [5.74, 6) is 0.679. The first kappa shape index (κ1) is 9.04. The van der Waals surface area contributed by atoms with Gasteiger partial charge in [-0.05, 0) is 0 Å². The monoisotopic (exact) mass is 193 g/mol. The number of nitrogens with two attached hydrogens (primary N) is 1. The van der Waals surface area contributed by atoms with Crippen LogP contribution >= 0.6 is 0 Å². The maximum Gasteiger partial charge on any atom is 0.169 e. The second-order valence-corrected chi connectivity index (χ2v) is 2.83. The summed E-state index contributed by atoms with van der Waals surface area (Å²) in [6.45, 7) is 0.367. The molecule has 0 saturated carbocycles. The van der Waals surface area contributed by atoms with E-state index >= 15 is 0 Å². The molecule has 14 heavy (non-hydrogen) atoms. The minimum atomic E-state index is -0.241. The third kappa shape index (κ3) is 1.34. The quantitative estimate of drug-likeness (QED) is 0.728. The van der Waals surface area contributed by atoms with Crippen LogP contribution in [0.3, 0.4) is 0 Å². The number of hydrogen-bond acceptors (Lipinski definition) is 5. The second kappa shape index (κ2) is 3.69. The summed E-state index contributed by atoms with van der Waals surface area (Å²) in [4.78, 5) is 3.98. The van der Waals surface area contributed by atoms with E-state index in [4.69, 9.17) is 10.5 Å². The molecule has 0 aromatic carbocycles. The molecule has 0 amide bonds. The van der Waals surface area contributed by atoms with Crippen molar-refractivity contribution in [3.05, 3.63) is 24.4 Å². The lowest BCUT2D eigenvalue weighted by atomic mass is 10.3. The zero-order valence-corrected chi connectivity index (χ0v) is 7.79. The van der Waals surface area contributed by atoms with Gasteiger partial charge < -0.3 is 10.5 Å². The predicted octanol–water partition coefficient (Wildman–Crippen LogP) is -0.230. The van der Waals surface area contributed by atoms with E-state index in [1.807, 2.05) is 0 Å². The summed E-state index contributed by atoms with van der Waals surface area (Å²) in [6, 6.07) is 1.78.